The van der Waals surface area contributed by atoms with E-state index in [-0.39, 0.29) is 10.5 Å². The fourth-order valence-electron chi connectivity index (χ4n) is 1.11. The molecule has 5 heteroatoms. The third-order valence-electron chi connectivity index (χ3n) is 1.81. The maximum Gasteiger partial charge on any atom is 0.335 e. The molecule has 0 aliphatic heterocycles. The summed E-state index contributed by atoms with van der Waals surface area (Å²) in [6.07, 6.45) is 0.656. The molecule has 0 aliphatic rings. The Morgan fingerprint density at radius 3 is 2.73 bits per heavy atom. The third-order valence-corrected chi connectivity index (χ3v) is 3.40. The first-order valence-corrected chi connectivity index (χ1v) is 5.79. The molecule has 1 aromatic rings. The normalized spacial score (nSPS) is 12.4. The SMILES string of the molecule is CCCS(=O)c1cc(C(=O)O)ccc1F. The Balaban J connectivity index is 3.10. The molecule has 1 aromatic carbocycles. The van der Waals surface area contributed by atoms with Crippen LogP contribution in [0.2, 0.25) is 0 Å². The Kier molecular flexibility index (Phi) is 3.96. The van der Waals surface area contributed by atoms with Gasteiger partial charge < -0.3 is 5.11 Å². The summed E-state index contributed by atoms with van der Waals surface area (Å²) in [6.45, 7) is 1.83. The van der Waals surface area contributed by atoms with E-state index in [1.165, 1.54) is 0 Å². The van der Waals surface area contributed by atoms with Crippen LogP contribution in [0.4, 0.5) is 4.39 Å². The van der Waals surface area contributed by atoms with Crippen molar-refractivity contribution in [2.75, 3.05) is 5.75 Å². The zero-order valence-corrected chi connectivity index (χ0v) is 9.01. The van der Waals surface area contributed by atoms with Crippen molar-refractivity contribution in [3.8, 4) is 0 Å². The summed E-state index contributed by atoms with van der Waals surface area (Å²) >= 11 is 0. The molecule has 1 unspecified atom stereocenters. The molecule has 3 nitrogen and oxygen atoms in total. The van der Waals surface area contributed by atoms with Crippen LogP contribution in [0.5, 0.6) is 0 Å². The average Bonchev–Trinajstić information content (AvgIpc) is 2.18. The maximum atomic E-state index is 13.2. The first kappa shape index (κ1) is 11.8. The van der Waals surface area contributed by atoms with Crippen LogP contribution in [0, 0.1) is 5.82 Å². The van der Waals surface area contributed by atoms with E-state index in [1.807, 2.05) is 6.92 Å². The van der Waals surface area contributed by atoms with Crippen molar-refractivity contribution in [1.82, 2.24) is 0 Å². The van der Waals surface area contributed by atoms with Crippen LogP contribution >= 0.6 is 0 Å². The predicted octanol–water partition coefficient (Wildman–Crippen LogP) is 2.04. The van der Waals surface area contributed by atoms with E-state index in [4.69, 9.17) is 5.11 Å². The summed E-state index contributed by atoms with van der Waals surface area (Å²) in [7, 11) is -1.46. The van der Waals surface area contributed by atoms with E-state index in [2.05, 4.69) is 0 Å². The molecule has 0 saturated carbocycles. The number of hydrogen-bond acceptors (Lipinski definition) is 2. The highest BCUT2D eigenvalue weighted by Crippen LogP contribution is 2.15. The van der Waals surface area contributed by atoms with Gasteiger partial charge in [-0.25, -0.2) is 9.18 Å². The minimum Gasteiger partial charge on any atom is -0.478 e. The Hall–Kier alpha value is -1.23. The number of hydrogen-bond donors (Lipinski definition) is 1. The van der Waals surface area contributed by atoms with Crippen molar-refractivity contribution in [3.05, 3.63) is 29.6 Å². The monoisotopic (exact) mass is 230 g/mol. The molecule has 0 heterocycles. The minimum absolute atomic E-state index is 0.0308. The first-order chi connectivity index (χ1) is 7.06. The predicted molar refractivity (Wildman–Crippen MR) is 54.9 cm³/mol. The van der Waals surface area contributed by atoms with Gasteiger partial charge in [-0.1, -0.05) is 6.92 Å². The lowest BCUT2D eigenvalue weighted by Gasteiger charge is -2.03. The van der Waals surface area contributed by atoms with Crippen molar-refractivity contribution < 1.29 is 18.5 Å². The molecule has 0 fully saturated rings. The molecular formula is C10H11FO3S. The van der Waals surface area contributed by atoms with Crippen LogP contribution < -0.4 is 0 Å². The van der Waals surface area contributed by atoms with E-state index < -0.39 is 22.6 Å². The van der Waals surface area contributed by atoms with Crippen molar-refractivity contribution in [1.29, 1.82) is 0 Å². The molecular weight excluding hydrogens is 219 g/mol. The first-order valence-electron chi connectivity index (χ1n) is 4.47. The van der Waals surface area contributed by atoms with Crippen LogP contribution in [-0.4, -0.2) is 21.0 Å². The number of carbonyl (C=O) groups is 1. The molecule has 0 aliphatic carbocycles. The Morgan fingerprint density at radius 2 is 2.20 bits per heavy atom. The highest BCUT2D eigenvalue weighted by molar-refractivity contribution is 7.85. The molecule has 0 bridgehead atoms. The number of carboxylic acid groups (broad SMARTS) is 1. The molecule has 82 valence electrons. The number of carboxylic acids is 1. The molecule has 0 saturated heterocycles. The van der Waals surface area contributed by atoms with Crippen molar-refractivity contribution in [2.24, 2.45) is 0 Å². The summed E-state index contributed by atoms with van der Waals surface area (Å²) < 4.78 is 24.7. The molecule has 1 rings (SSSR count). The lowest BCUT2D eigenvalue weighted by Crippen LogP contribution is -2.03. The average molecular weight is 230 g/mol. The fourth-order valence-corrected chi connectivity index (χ4v) is 2.24. The summed E-state index contributed by atoms with van der Waals surface area (Å²) in [5.74, 6) is -1.43. The Morgan fingerprint density at radius 1 is 1.53 bits per heavy atom. The standard InChI is InChI=1S/C10H11FO3S/c1-2-5-15(14)9-6-7(10(12)13)3-4-8(9)11/h3-4,6H,2,5H2,1H3,(H,12,13). The van der Waals surface area contributed by atoms with Gasteiger partial charge in [0.1, 0.15) is 5.82 Å². The lowest BCUT2D eigenvalue weighted by atomic mass is 10.2. The largest absolute Gasteiger partial charge is 0.478 e. The quantitative estimate of drug-likeness (QED) is 0.861. The van der Waals surface area contributed by atoms with Crippen LogP contribution in [0.25, 0.3) is 0 Å². The molecule has 0 spiro atoms. The highest BCUT2D eigenvalue weighted by atomic mass is 32.2. The van der Waals surface area contributed by atoms with Gasteiger partial charge in [0.25, 0.3) is 0 Å². The van der Waals surface area contributed by atoms with Gasteiger partial charge in [-0.3, -0.25) is 4.21 Å². The highest BCUT2D eigenvalue weighted by Gasteiger charge is 2.12. The fraction of sp³-hybridized carbons (Fsp3) is 0.300. The zero-order valence-electron chi connectivity index (χ0n) is 8.20. The van der Waals surface area contributed by atoms with E-state index in [9.17, 15) is 13.4 Å². The molecule has 0 aromatic heterocycles. The number of halogens is 1. The number of rotatable bonds is 4. The van der Waals surface area contributed by atoms with E-state index >= 15 is 0 Å². The second-order valence-electron chi connectivity index (χ2n) is 3.00. The minimum atomic E-state index is -1.46. The van der Waals surface area contributed by atoms with Gasteiger partial charge in [0.05, 0.1) is 21.3 Å². The van der Waals surface area contributed by atoms with Gasteiger partial charge in [0.2, 0.25) is 0 Å². The van der Waals surface area contributed by atoms with Gasteiger partial charge in [-0.2, -0.15) is 0 Å². The summed E-state index contributed by atoms with van der Waals surface area (Å²) in [4.78, 5) is 10.6. The van der Waals surface area contributed by atoms with Gasteiger partial charge in [-0.05, 0) is 24.6 Å². The maximum absolute atomic E-state index is 13.2. The summed E-state index contributed by atoms with van der Waals surface area (Å²) in [5, 5.41) is 8.69. The molecule has 0 amide bonds. The zero-order chi connectivity index (χ0) is 11.4. The van der Waals surface area contributed by atoms with Gasteiger partial charge in [0, 0.05) is 5.75 Å². The Bertz CT molecular complexity index is 404. The van der Waals surface area contributed by atoms with E-state index in [0.29, 0.717) is 12.2 Å². The molecule has 1 N–H and O–H groups in total. The molecule has 0 radical (unpaired) electrons. The lowest BCUT2D eigenvalue weighted by molar-refractivity contribution is 0.0696. The Labute approximate surface area is 89.4 Å². The number of benzene rings is 1. The number of aromatic carboxylic acids is 1. The van der Waals surface area contributed by atoms with Crippen LogP contribution in [0.15, 0.2) is 23.1 Å². The van der Waals surface area contributed by atoms with Crippen molar-refractivity contribution in [3.63, 3.8) is 0 Å². The topological polar surface area (TPSA) is 54.4 Å². The molecule has 15 heavy (non-hydrogen) atoms. The molecule has 1 atom stereocenters. The van der Waals surface area contributed by atoms with Gasteiger partial charge in [-0.15, -0.1) is 0 Å². The summed E-state index contributed by atoms with van der Waals surface area (Å²) in [5.41, 5.74) is -0.0455. The second kappa shape index (κ2) is 5.02. The van der Waals surface area contributed by atoms with Gasteiger partial charge >= 0.3 is 5.97 Å². The van der Waals surface area contributed by atoms with Crippen LogP contribution in [0.3, 0.4) is 0 Å². The van der Waals surface area contributed by atoms with E-state index in [0.717, 1.165) is 18.2 Å². The van der Waals surface area contributed by atoms with Crippen LogP contribution in [-0.2, 0) is 10.8 Å². The van der Waals surface area contributed by atoms with Crippen molar-refractivity contribution >= 4 is 16.8 Å². The van der Waals surface area contributed by atoms with Crippen LogP contribution in [0.1, 0.15) is 23.7 Å². The second-order valence-corrected chi connectivity index (χ2v) is 4.54. The third kappa shape index (κ3) is 2.86. The van der Waals surface area contributed by atoms with Gasteiger partial charge in [0.15, 0.2) is 0 Å². The smallest absolute Gasteiger partial charge is 0.335 e. The van der Waals surface area contributed by atoms with E-state index in [1.54, 1.807) is 0 Å². The summed E-state index contributed by atoms with van der Waals surface area (Å²) in [6, 6.07) is 3.32. The van der Waals surface area contributed by atoms with Crippen molar-refractivity contribution in [2.45, 2.75) is 18.2 Å².